The van der Waals surface area contributed by atoms with Crippen molar-refractivity contribution < 1.29 is 19.8 Å². The first-order valence-corrected chi connectivity index (χ1v) is 5.58. The summed E-state index contributed by atoms with van der Waals surface area (Å²) in [6.45, 7) is 1.75. The van der Waals surface area contributed by atoms with E-state index < -0.39 is 11.9 Å². The van der Waals surface area contributed by atoms with E-state index in [2.05, 4.69) is 5.73 Å². The van der Waals surface area contributed by atoms with Gasteiger partial charge in [0.15, 0.2) is 0 Å². The summed E-state index contributed by atoms with van der Waals surface area (Å²) in [5, 5.41) is 17.2. The summed E-state index contributed by atoms with van der Waals surface area (Å²) in [7, 11) is 3.18. The third kappa shape index (κ3) is 12.8. The molecule has 0 unspecified atom stereocenters. The van der Waals surface area contributed by atoms with Gasteiger partial charge in [0.05, 0.1) is 13.1 Å². The van der Waals surface area contributed by atoms with Gasteiger partial charge in [-0.25, -0.2) is 0 Å². The zero-order chi connectivity index (χ0) is 14.6. The van der Waals surface area contributed by atoms with E-state index in [4.69, 9.17) is 15.9 Å². The largest absolute Gasteiger partial charge is 0.480 e. The minimum Gasteiger partial charge on any atom is -0.480 e. The lowest BCUT2D eigenvalue weighted by atomic mass is 10.4. The van der Waals surface area contributed by atoms with Crippen LogP contribution in [0.2, 0.25) is 0 Å². The maximum atomic E-state index is 10.5. The number of rotatable bonds is 9. The Morgan fingerprint density at radius 3 is 1.89 bits per heavy atom. The van der Waals surface area contributed by atoms with Gasteiger partial charge in [0.25, 0.3) is 0 Å². The lowest BCUT2D eigenvalue weighted by molar-refractivity contribution is -0.139. The Kier molecular flexibility index (Phi) is 13.0. The number of hydrogen-bond donors (Lipinski definition) is 4. The highest BCUT2D eigenvalue weighted by molar-refractivity contribution is 5.69. The average Bonchev–Trinajstić information content (AvgIpc) is 2.27. The van der Waals surface area contributed by atoms with Gasteiger partial charge in [0, 0.05) is 26.2 Å². The van der Waals surface area contributed by atoms with E-state index in [1.54, 1.807) is 16.8 Å². The molecule has 0 amide bonds. The summed E-state index contributed by atoms with van der Waals surface area (Å²) < 4.78 is 0. The molecule has 0 aliphatic carbocycles. The minimum absolute atomic E-state index is 0.0520. The smallest absolute Gasteiger partial charge is 0.317 e. The summed E-state index contributed by atoms with van der Waals surface area (Å²) >= 11 is 0. The second-order valence-corrected chi connectivity index (χ2v) is 3.59. The normalized spacial score (nSPS) is 10.1. The fraction of sp³-hybridized carbons (Fsp3) is 0.800. The Balaban J connectivity index is 0. The molecule has 0 fully saturated rings. The Bertz CT molecular complexity index is 238. The van der Waals surface area contributed by atoms with E-state index >= 15 is 0 Å². The van der Waals surface area contributed by atoms with Crippen LogP contribution in [0.1, 0.15) is 0 Å². The van der Waals surface area contributed by atoms with Crippen molar-refractivity contribution in [3.05, 3.63) is 0 Å². The second kappa shape index (κ2) is 12.2. The van der Waals surface area contributed by atoms with Gasteiger partial charge >= 0.3 is 11.9 Å². The summed E-state index contributed by atoms with van der Waals surface area (Å²) in [5.74, 6) is -1.81. The molecule has 0 radical (unpaired) electrons. The van der Waals surface area contributed by atoms with Gasteiger partial charge in [-0.3, -0.25) is 19.4 Å². The van der Waals surface area contributed by atoms with Crippen LogP contribution < -0.4 is 11.5 Å². The third-order valence-electron chi connectivity index (χ3n) is 2.01. The lowest BCUT2D eigenvalue weighted by Crippen LogP contribution is -2.40. The van der Waals surface area contributed by atoms with E-state index in [1.165, 1.54) is 7.05 Å². The van der Waals surface area contributed by atoms with Crippen molar-refractivity contribution in [3.8, 4) is 0 Å². The first-order valence-electron chi connectivity index (χ1n) is 5.58. The maximum Gasteiger partial charge on any atom is 0.317 e. The Labute approximate surface area is 107 Å². The summed E-state index contributed by atoms with van der Waals surface area (Å²) in [5.41, 5.74) is 9.85. The second-order valence-electron chi connectivity index (χ2n) is 3.59. The Hall–Kier alpha value is -1.22. The number of carboxylic acid groups (broad SMARTS) is 2. The fourth-order valence-electron chi connectivity index (χ4n) is 1.27. The van der Waals surface area contributed by atoms with E-state index in [1.807, 2.05) is 0 Å². The van der Waals surface area contributed by atoms with Gasteiger partial charge in [-0.1, -0.05) is 0 Å². The Morgan fingerprint density at radius 1 is 1.00 bits per heavy atom. The van der Waals surface area contributed by atoms with Crippen molar-refractivity contribution in [1.82, 2.24) is 9.80 Å². The predicted molar refractivity (Wildman–Crippen MR) is 68.4 cm³/mol. The minimum atomic E-state index is -0.908. The third-order valence-corrected chi connectivity index (χ3v) is 2.01. The number of likely N-dealkylation sites (N-methyl/N-ethyl adjacent to an activating group) is 1. The van der Waals surface area contributed by atoms with Gasteiger partial charge in [-0.15, -0.1) is 0 Å². The molecule has 8 heteroatoms. The van der Waals surface area contributed by atoms with Crippen LogP contribution in [0, 0.1) is 0 Å². The van der Waals surface area contributed by atoms with Gasteiger partial charge in [-0.05, 0) is 14.1 Å². The molecular weight excluding hydrogens is 240 g/mol. The highest BCUT2D eigenvalue weighted by Crippen LogP contribution is 1.90. The summed E-state index contributed by atoms with van der Waals surface area (Å²) in [6.07, 6.45) is 0. The van der Waals surface area contributed by atoms with Crippen molar-refractivity contribution in [2.24, 2.45) is 11.5 Å². The number of nitrogens with zero attached hydrogens (tertiary/aromatic N) is 2. The molecule has 8 nitrogen and oxygen atoms in total. The molecule has 0 aliphatic rings. The van der Waals surface area contributed by atoms with Gasteiger partial charge in [0.2, 0.25) is 0 Å². The number of carbonyl (C=O) groups is 2. The molecular formula is C10H24N4O4. The van der Waals surface area contributed by atoms with E-state index in [0.29, 0.717) is 26.2 Å². The van der Waals surface area contributed by atoms with Gasteiger partial charge in [-0.2, -0.15) is 0 Å². The molecule has 0 aromatic rings. The first-order chi connectivity index (χ1) is 8.45. The van der Waals surface area contributed by atoms with Crippen molar-refractivity contribution in [2.45, 2.75) is 0 Å². The van der Waals surface area contributed by atoms with Crippen molar-refractivity contribution in [1.29, 1.82) is 0 Å². The molecule has 0 saturated carbocycles. The summed E-state index contributed by atoms with van der Waals surface area (Å²) in [6, 6.07) is 0. The predicted octanol–water partition coefficient (Wildman–Crippen LogP) is -2.08. The number of carboxylic acids is 2. The lowest BCUT2D eigenvalue weighted by Gasteiger charge is -2.22. The zero-order valence-corrected chi connectivity index (χ0v) is 11.0. The fourth-order valence-corrected chi connectivity index (χ4v) is 1.27. The monoisotopic (exact) mass is 264 g/mol. The SMILES string of the molecule is CN.CN(CCN(CCN)CC(=O)O)CC(=O)O. The number of hydrogen-bond acceptors (Lipinski definition) is 6. The van der Waals surface area contributed by atoms with E-state index in [9.17, 15) is 9.59 Å². The van der Waals surface area contributed by atoms with Gasteiger partial charge < -0.3 is 21.7 Å². The van der Waals surface area contributed by atoms with Crippen LogP contribution in [0.4, 0.5) is 0 Å². The first kappa shape index (κ1) is 19.1. The standard InChI is InChI=1S/C9H19N3O4.CH5N/c1-11(6-8(13)14)4-5-12(3-2-10)7-9(15)16;1-2/h2-7,10H2,1H3,(H,13,14)(H,15,16);2H2,1H3. The zero-order valence-electron chi connectivity index (χ0n) is 11.0. The molecule has 0 spiro atoms. The van der Waals surface area contributed by atoms with Crippen LogP contribution in [-0.4, -0.2) is 85.3 Å². The molecule has 0 rings (SSSR count). The average molecular weight is 264 g/mol. The molecule has 0 saturated heterocycles. The quantitative estimate of drug-likeness (QED) is 0.373. The van der Waals surface area contributed by atoms with E-state index in [-0.39, 0.29) is 13.1 Å². The molecule has 0 aromatic heterocycles. The van der Waals surface area contributed by atoms with Crippen LogP contribution in [0.3, 0.4) is 0 Å². The molecule has 0 atom stereocenters. The Morgan fingerprint density at radius 2 is 1.50 bits per heavy atom. The van der Waals surface area contributed by atoms with Crippen LogP contribution in [-0.2, 0) is 9.59 Å². The van der Waals surface area contributed by atoms with Crippen LogP contribution in [0.15, 0.2) is 0 Å². The highest BCUT2D eigenvalue weighted by Gasteiger charge is 2.10. The molecule has 6 N–H and O–H groups in total. The summed E-state index contributed by atoms with van der Waals surface area (Å²) in [4.78, 5) is 24.2. The molecule has 0 aromatic carbocycles. The van der Waals surface area contributed by atoms with E-state index in [0.717, 1.165) is 0 Å². The van der Waals surface area contributed by atoms with Crippen LogP contribution >= 0.6 is 0 Å². The highest BCUT2D eigenvalue weighted by atomic mass is 16.4. The number of nitrogens with two attached hydrogens (primary N) is 2. The topological polar surface area (TPSA) is 133 Å². The van der Waals surface area contributed by atoms with Gasteiger partial charge in [0.1, 0.15) is 0 Å². The number of aliphatic carboxylic acids is 2. The van der Waals surface area contributed by atoms with Crippen molar-refractivity contribution in [2.75, 3.05) is 53.4 Å². The molecule has 108 valence electrons. The van der Waals surface area contributed by atoms with Crippen LogP contribution in [0.5, 0.6) is 0 Å². The van der Waals surface area contributed by atoms with Crippen molar-refractivity contribution >= 4 is 11.9 Å². The molecule has 0 bridgehead atoms. The maximum absolute atomic E-state index is 10.5. The molecule has 0 aliphatic heterocycles. The molecule has 18 heavy (non-hydrogen) atoms. The molecule has 0 heterocycles. The van der Waals surface area contributed by atoms with Crippen LogP contribution in [0.25, 0.3) is 0 Å². The van der Waals surface area contributed by atoms with Crippen molar-refractivity contribution in [3.63, 3.8) is 0 Å².